The van der Waals surface area contributed by atoms with E-state index in [9.17, 15) is 15.3 Å². The molecule has 108 valence electrons. The Balaban J connectivity index is 2.32. The monoisotopic (exact) mass is 400 g/mol. The molecule has 3 nitrogen and oxygen atoms in total. The second-order valence-corrected chi connectivity index (χ2v) is 6.15. The summed E-state index contributed by atoms with van der Waals surface area (Å²) >= 11 is 2.17. The van der Waals surface area contributed by atoms with E-state index >= 15 is 0 Å². The first-order valence-electron chi connectivity index (χ1n) is 6.78. The maximum Gasteiger partial charge on any atom is 0.168 e. The minimum atomic E-state index is -0.952. The van der Waals surface area contributed by atoms with E-state index in [0.29, 0.717) is 12.0 Å². The summed E-state index contributed by atoms with van der Waals surface area (Å²) in [6.07, 6.45) is 0.386. The first-order valence-corrected chi connectivity index (χ1v) is 7.86. The number of rotatable bonds is 5. The molecule has 0 aliphatic carbocycles. The summed E-state index contributed by atoms with van der Waals surface area (Å²) in [6, 6.07) is 20.6. The maximum absolute atomic E-state index is 12.7. The summed E-state index contributed by atoms with van der Waals surface area (Å²) in [6.45, 7) is 0. The molecule has 2 aromatic rings. The van der Waals surface area contributed by atoms with Gasteiger partial charge in [0, 0.05) is 9.13 Å². The van der Waals surface area contributed by atoms with Crippen LogP contribution in [0.15, 0.2) is 54.6 Å². The van der Waals surface area contributed by atoms with Crippen LogP contribution in [0.4, 0.5) is 0 Å². The van der Waals surface area contributed by atoms with Crippen molar-refractivity contribution in [3.8, 4) is 12.1 Å². The van der Waals surface area contributed by atoms with E-state index in [1.165, 1.54) is 0 Å². The second kappa shape index (κ2) is 7.72. The van der Waals surface area contributed by atoms with Gasteiger partial charge in [0.1, 0.15) is 5.92 Å². The van der Waals surface area contributed by atoms with Crippen molar-refractivity contribution in [2.24, 2.45) is 11.8 Å². The number of hydrogen-bond donors (Lipinski definition) is 0. The van der Waals surface area contributed by atoms with Crippen LogP contribution < -0.4 is 0 Å². The Morgan fingerprint density at radius 2 is 1.59 bits per heavy atom. The zero-order valence-electron chi connectivity index (χ0n) is 11.7. The van der Waals surface area contributed by atoms with Gasteiger partial charge >= 0.3 is 0 Å². The predicted molar refractivity (Wildman–Crippen MR) is 91.8 cm³/mol. The molecule has 0 amide bonds. The fourth-order valence-electron chi connectivity index (χ4n) is 2.27. The van der Waals surface area contributed by atoms with Crippen LogP contribution >= 0.6 is 22.6 Å². The van der Waals surface area contributed by atoms with Crippen LogP contribution in [0.2, 0.25) is 0 Å². The lowest BCUT2D eigenvalue weighted by molar-refractivity contribution is 0.0905. The fourth-order valence-corrected chi connectivity index (χ4v) is 2.63. The van der Waals surface area contributed by atoms with E-state index in [4.69, 9.17) is 0 Å². The lowest BCUT2D eigenvalue weighted by atomic mass is 9.82. The van der Waals surface area contributed by atoms with Crippen LogP contribution in [-0.4, -0.2) is 5.78 Å². The molecule has 22 heavy (non-hydrogen) atoms. The Kier molecular flexibility index (Phi) is 5.68. The van der Waals surface area contributed by atoms with E-state index in [-0.39, 0.29) is 5.78 Å². The first-order chi connectivity index (χ1) is 10.7. The van der Waals surface area contributed by atoms with E-state index in [1.54, 1.807) is 12.1 Å². The van der Waals surface area contributed by atoms with Crippen molar-refractivity contribution >= 4 is 28.4 Å². The van der Waals surface area contributed by atoms with Gasteiger partial charge in [-0.05, 0) is 46.7 Å². The van der Waals surface area contributed by atoms with Crippen LogP contribution in [0.25, 0.3) is 0 Å². The zero-order chi connectivity index (χ0) is 15.9. The molecule has 0 fully saturated rings. The summed E-state index contributed by atoms with van der Waals surface area (Å²) in [7, 11) is 0. The normalized spacial score (nSPS) is 11.5. The molecular weight excluding hydrogens is 387 g/mol. The molecule has 0 bridgehead atoms. The Morgan fingerprint density at radius 1 is 1.00 bits per heavy atom. The number of nitrogens with zero attached hydrogens (tertiary/aromatic N) is 2. The molecule has 4 heteroatoms. The fraction of sp³-hybridized carbons (Fsp3) is 0.167. The quantitative estimate of drug-likeness (QED) is 0.563. The summed E-state index contributed by atoms with van der Waals surface area (Å²) in [5.41, 5.74) is 1.48. The molecule has 0 spiro atoms. The Morgan fingerprint density at radius 3 is 2.14 bits per heavy atom. The van der Waals surface area contributed by atoms with Crippen LogP contribution in [0.1, 0.15) is 15.9 Å². The third-order valence-electron chi connectivity index (χ3n) is 3.44. The van der Waals surface area contributed by atoms with E-state index in [2.05, 4.69) is 22.6 Å². The Labute approximate surface area is 143 Å². The molecule has 0 saturated heterocycles. The summed E-state index contributed by atoms with van der Waals surface area (Å²) in [5.74, 6) is -1.77. The molecule has 2 rings (SSSR count). The average Bonchev–Trinajstić information content (AvgIpc) is 2.56. The first kappa shape index (κ1) is 16.2. The SMILES string of the molecule is N#CC(C#N)C(Cc1ccccc1)C(=O)c1ccc(I)cc1. The highest BCUT2D eigenvalue weighted by Gasteiger charge is 2.29. The van der Waals surface area contributed by atoms with Gasteiger partial charge in [-0.15, -0.1) is 0 Å². The van der Waals surface area contributed by atoms with Gasteiger partial charge in [-0.25, -0.2) is 0 Å². The van der Waals surface area contributed by atoms with Gasteiger partial charge < -0.3 is 0 Å². The lowest BCUT2D eigenvalue weighted by Crippen LogP contribution is -2.24. The van der Waals surface area contributed by atoms with Crippen molar-refractivity contribution in [1.29, 1.82) is 10.5 Å². The smallest absolute Gasteiger partial charge is 0.168 e. The highest BCUT2D eigenvalue weighted by Crippen LogP contribution is 2.22. The van der Waals surface area contributed by atoms with Gasteiger partial charge in [0.2, 0.25) is 0 Å². The molecule has 0 saturated carbocycles. The number of carbonyl (C=O) groups excluding carboxylic acids is 1. The Hall–Kier alpha value is -2.18. The van der Waals surface area contributed by atoms with Crippen molar-refractivity contribution in [2.75, 3.05) is 0 Å². The van der Waals surface area contributed by atoms with Crippen molar-refractivity contribution in [1.82, 2.24) is 0 Å². The van der Waals surface area contributed by atoms with Gasteiger partial charge in [0.05, 0.1) is 18.1 Å². The molecule has 0 aliphatic rings. The number of nitriles is 2. The third-order valence-corrected chi connectivity index (χ3v) is 4.16. The van der Waals surface area contributed by atoms with Crippen molar-refractivity contribution in [3.63, 3.8) is 0 Å². The van der Waals surface area contributed by atoms with Crippen molar-refractivity contribution < 1.29 is 4.79 Å². The van der Waals surface area contributed by atoms with Crippen LogP contribution in [0.3, 0.4) is 0 Å². The van der Waals surface area contributed by atoms with Crippen LogP contribution in [0.5, 0.6) is 0 Å². The molecule has 1 unspecified atom stereocenters. The van der Waals surface area contributed by atoms with Gasteiger partial charge in [-0.3, -0.25) is 4.79 Å². The minimum absolute atomic E-state index is 0.159. The van der Waals surface area contributed by atoms with E-state index in [1.807, 2.05) is 54.6 Å². The van der Waals surface area contributed by atoms with Crippen molar-refractivity contribution in [2.45, 2.75) is 6.42 Å². The molecule has 0 heterocycles. The summed E-state index contributed by atoms with van der Waals surface area (Å²) in [5, 5.41) is 18.4. The van der Waals surface area contributed by atoms with E-state index < -0.39 is 11.8 Å². The molecule has 0 radical (unpaired) electrons. The number of hydrogen-bond acceptors (Lipinski definition) is 3. The third kappa shape index (κ3) is 3.93. The molecule has 0 aromatic heterocycles. The number of benzene rings is 2. The van der Waals surface area contributed by atoms with Gasteiger partial charge in [-0.2, -0.15) is 10.5 Å². The number of halogens is 1. The largest absolute Gasteiger partial charge is 0.294 e. The molecule has 0 N–H and O–H groups in total. The van der Waals surface area contributed by atoms with Crippen molar-refractivity contribution in [3.05, 3.63) is 69.3 Å². The standard InChI is InChI=1S/C18H13IN2O/c19-16-8-6-14(7-9-16)18(22)17(15(11-20)12-21)10-13-4-2-1-3-5-13/h1-9,15,17H,10H2. The predicted octanol–water partition coefficient (Wildman–Crippen LogP) is 4.00. The topological polar surface area (TPSA) is 64.7 Å². The molecular formula is C18H13IN2O. The highest BCUT2D eigenvalue weighted by molar-refractivity contribution is 14.1. The average molecular weight is 400 g/mol. The molecule has 1 atom stereocenters. The Bertz CT molecular complexity index is 712. The maximum atomic E-state index is 12.7. The van der Waals surface area contributed by atoms with Gasteiger partial charge in [-0.1, -0.05) is 42.5 Å². The van der Waals surface area contributed by atoms with Gasteiger partial charge in [0.15, 0.2) is 5.78 Å². The summed E-state index contributed by atoms with van der Waals surface area (Å²) < 4.78 is 1.03. The zero-order valence-corrected chi connectivity index (χ0v) is 13.9. The number of carbonyl (C=O) groups is 1. The van der Waals surface area contributed by atoms with E-state index in [0.717, 1.165) is 9.13 Å². The molecule has 0 aliphatic heterocycles. The van der Waals surface area contributed by atoms with Gasteiger partial charge in [0.25, 0.3) is 0 Å². The van der Waals surface area contributed by atoms with Crippen LogP contribution in [-0.2, 0) is 6.42 Å². The second-order valence-electron chi connectivity index (χ2n) is 4.90. The summed E-state index contributed by atoms with van der Waals surface area (Å²) in [4.78, 5) is 12.7. The molecule has 2 aromatic carbocycles. The van der Waals surface area contributed by atoms with Crippen LogP contribution in [0, 0.1) is 38.1 Å². The lowest BCUT2D eigenvalue weighted by Gasteiger charge is -2.16. The minimum Gasteiger partial charge on any atom is -0.294 e. The number of ketones is 1. The number of Topliss-reactive ketones (excluding diaryl/α,β-unsaturated/α-hetero) is 1. The highest BCUT2D eigenvalue weighted by atomic mass is 127.